The number of benzene rings is 3. The maximum Gasteiger partial charge on any atom is 0.295 e. The molecule has 4 rings (SSSR count). The van der Waals surface area contributed by atoms with Crippen molar-refractivity contribution in [2.75, 3.05) is 20.3 Å². The molecule has 0 saturated carbocycles. The molecule has 3 aromatic rings. The number of likely N-dealkylation sites (tertiary alicyclic amines) is 1. The number of aryl methyl sites for hydroxylation is 1. The zero-order valence-electron chi connectivity index (χ0n) is 20.5. The van der Waals surface area contributed by atoms with Gasteiger partial charge in [-0.3, -0.25) is 9.59 Å². The molecule has 1 heterocycles. The van der Waals surface area contributed by atoms with Crippen molar-refractivity contribution in [1.29, 1.82) is 0 Å². The number of amides is 1. The number of aliphatic hydroxyl groups is 1. The second-order valence-electron chi connectivity index (χ2n) is 8.76. The van der Waals surface area contributed by atoms with Gasteiger partial charge in [0.2, 0.25) is 0 Å². The number of carbonyl (C=O) groups is 2. The summed E-state index contributed by atoms with van der Waals surface area (Å²) in [6.45, 7) is 2.90. The van der Waals surface area contributed by atoms with Gasteiger partial charge < -0.3 is 19.5 Å². The number of hydrogen-bond acceptors (Lipinski definition) is 5. The molecule has 6 nitrogen and oxygen atoms in total. The van der Waals surface area contributed by atoms with E-state index in [0.29, 0.717) is 47.1 Å². The van der Waals surface area contributed by atoms with Gasteiger partial charge in [0.1, 0.15) is 18.1 Å². The summed E-state index contributed by atoms with van der Waals surface area (Å²) < 4.78 is 11.0. The summed E-state index contributed by atoms with van der Waals surface area (Å²) in [5.74, 6) is -1.07. The summed E-state index contributed by atoms with van der Waals surface area (Å²) in [5.41, 5.74) is 2.74. The first-order chi connectivity index (χ1) is 17.8. The molecule has 192 valence electrons. The normalized spacial score (nSPS) is 16.9. The Hall–Kier alpha value is -3.32. The van der Waals surface area contributed by atoms with Crippen molar-refractivity contribution in [2.45, 2.75) is 26.0 Å². The Kier molecular flexibility index (Phi) is 8.54. The number of carbonyl (C=O) groups excluding carboxylic acids is 2. The van der Waals surface area contributed by atoms with E-state index in [1.165, 1.54) is 4.90 Å². The van der Waals surface area contributed by atoms with Gasteiger partial charge in [0, 0.05) is 25.8 Å². The van der Waals surface area contributed by atoms with Crippen molar-refractivity contribution in [1.82, 2.24) is 4.90 Å². The van der Waals surface area contributed by atoms with Crippen molar-refractivity contribution in [2.24, 2.45) is 0 Å². The van der Waals surface area contributed by atoms with Crippen LogP contribution in [0.3, 0.4) is 0 Å². The Labute approximate surface area is 226 Å². The molecule has 1 saturated heterocycles. The molecule has 0 spiro atoms. The molecule has 1 N–H and O–H groups in total. The number of ketones is 1. The topological polar surface area (TPSA) is 76.1 Å². The van der Waals surface area contributed by atoms with Crippen molar-refractivity contribution >= 4 is 40.7 Å². The number of Topliss-reactive ketones (excluding diaryl/α,β-unsaturated/α-hetero) is 1. The summed E-state index contributed by atoms with van der Waals surface area (Å²) in [6, 6.07) is 19.1. The van der Waals surface area contributed by atoms with Gasteiger partial charge in [0.05, 0.1) is 21.7 Å². The third kappa shape index (κ3) is 5.82. The fourth-order valence-electron chi connectivity index (χ4n) is 4.40. The SMILES string of the molecule is COCCCN1C(=O)C(=O)/C(=C(/O)c2ccc(OCc3ccccc3)cc2C)[C@H]1c1ccc(Cl)c(Cl)c1. The predicted molar refractivity (Wildman–Crippen MR) is 144 cm³/mol. The molecule has 0 radical (unpaired) electrons. The maximum atomic E-state index is 13.2. The first kappa shape index (κ1) is 26.7. The highest BCUT2D eigenvalue weighted by molar-refractivity contribution is 6.47. The van der Waals surface area contributed by atoms with Crippen LogP contribution in [0.1, 0.15) is 34.7 Å². The number of hydrogen-bond donors (Lipinski definition) is 1. The molecule has 1 atom stereocenters. The number of halogens is 2. The molecular weight excluding hydrogens is 513 g/mol. The molecule has 0 bridgehead atoms. The lowest BCUT2D eigenvalue weighted by molar-refractivity contribution is -0.140. The molecule has 1 amide bonds. The van der Waals surface area contributed by atoms with Gasteiger partial charge in [0.25, 0.3) is 11.7 Å². The highest BCUT2D eigenvalue weighted by Crippen LogP contribution is 2.41. The number of ether oxygens (including phenoxy) is 2. The van der Waals surface area contributed by atoms with Crippen LogP contribution in [0, 0.1) is 6.92 Å². The number of aliphatic hydroxyl groups excluding tert-OH is 1. The largest absolute Gasteiger partial charge is 0.507 e. The molecule has 37 heavy (non-hydrogen) atoms. The monoisotopic (exact) mass is 539 g/mol. The fraction of sp³-hybridized carbons (Fsp3) is 0.241. The Morgan fingerprint density at radius 2 is 1.76 bits per heavy atom. The van der Waals surface area contributed by atoms with Crippen LogP contribution in [0.2, 0.25) is 10.0 Å². The Morgan fingerprint density at radius 1 is 1.00 bits per heavy atom. The van der Waals surface area contributed by atoms with E-state index in [4.69, 9.17) is 32.7 Å². The van der Waals surface area contributed by atoms with Crippen LogP contribution in [-0.2, 0) is 20.9 Å². The maximum absolute atomic E-state index is 13.2. The summed E-state index contributed by atoms with van der Waals surface area (Å²) in [6.07, 6.45) is 0.522. The summed E-state index contributed by atoms with van der Waals surface area (Å²) in [5, 5.41) is 12.0. The van der Waals surface area contributed by atoms with Crippen molar-refractivity contribution < 1.29 is 24.2 Å². The van der Waals surface area contributed by atoms with Crippen molar-refractivity contribution in [3.63, 3.8) is 0 Å². The smallest absolute Gasteiger partial charge is 0.295 e. The molecule has 0 aliphatic carbocycles. The molecule has 8 heteroatoms. The van der Waals surface area contributed by atoms with Gasteiger partial charge in [-0.05, 0) is 60.4 Å². The second kappa shape index (κ2) is 11.8. The predicted octanol–water partition coefficient (Wildman–Crippen LogP) is 6.34. The van der Waals surface area contributed by atoms with Crippen LogP contribution in [0.5, 0.6) is 5.75 Å². The molecule has 0 aromatic heterocycles. The van der Waals surface area contributed by atoms with Gasteiger partial charge in [-0.1, -0.05) is 59.6 Å². The van der Waals surface area contributed by atoms with Crippen LogP contribution in [0.25, 0.3) is 5.76 Å². The van der Waals surface area contributed by atoms with Gasteiger partial charge in [-0.15, -0.1) is 0 Å². The van der Waals surface area contributed by atoms with Gasteiger partial charge in [-0.2, -0.15) is 0 Å². The van der Waals surface area contributed by atoms with Gasteiger partial charge in [0.15, 0.2) is 0 Å². The van der Waals surface area contributed by atoms with Crippen LogP contribution in [0.15, 0.2) is 72.3 Å². The van der Waals surface area contributed by atoms with E-state index in [1.807, 2.05) is 37.3 Å². The average Bonchev–Trinajstić information content (AvgIpc) is 3.14. The number of methoxy groups -OCH3 is 1. The minimum Gasteiger partial charge on any atom is -0.507 e. The molecule has 1 aliphatic heterocycles. The molecule has 1 aliphatic rings. The standard InChI is InChI=1S/C29H27Cl2NO5/c1-18-15-21(37-17-19-7-4-3-5-8-19)10-11-22(18)27(33)25-26(20-9-12-23(30)24(31)16-20)32(13-6-14-36-2)29(35)28(25)34/h3-5,7-12,15-16,26,33H,6,13-14,17H2,1-2H3/b27-25+/t26-/m1/s1. The lowest BCUT2D eigenvalue weighted by atomic mass is 9.94. The summed E-state index contributed by atoms with van der Waals surface area (Å²) in [4.78, 5) is 27.7. The zero-order chi connectivity index (χ0) is 26.5. The van der Waals surface area contributed by atoms with Gasteiger partial charge >= 0.3 is 0 Å². The second-order valence-corrected chi connectivity index (χ2v) is 9.58. The minimum absolute atomic E-state index is 0.00172. The fourth-order valence-corrected chi connectivity index (χ4v) is 4.70. The van der Waals surface area contributed by atoms with Crippen LogP contribution < -0.4 is 4.74 Å². The van der Waals surface area contributed by atoms with E-state index in [9.17, 15) is 14.7 Å². The molecule has 1 fully saturated rings. The number of nitrogens with zero attached hydrogens (tertiary/aromatic N) is 1. The Morgan fingerprint density at radius 3 is 2.43 bits per heavy atom. The van der Waals surface area contributed by atoms with E-state index in [-0.39, 0.29) is 22.9 Å². The molecule has 0 unspecified atom stereocenters. The van der Waals surface area contributed by atoms with Crippen LogP contribution in [0.4, 0.5) is 0 Å². The summed E-state index contributed by atoms with van der Waals surface area (Å²) >= 11 is 12.4. The minimum atomic E-state index is -0.819. The van der Waals surface area contributed by atoms with E-state index in [1.54, 1.807) is 43.5 Å². The highest BCUT2D eigenvalue weighted by atomic mass is 35.5. The first-order valence-corrected chi connectivity index (χ1v) is 12.6. The first-order valence-electron chi connectivity index (χ1n) is 11.8. The van der Waals surface area contributed by atoms with Crippen LogP contribution in [-0.4, -0.2) is 42.0 Å². The van der Waals surface area contributed by atoms with Gasteiger partial charge in [-0.25, -0.2) is 0 Å². The Bertz CT molecular complexity index is 1340. The average molecular weight is 540 g/mol. The zero-order valence-corrected chi connectivity index (χ0v) is 22.1. The van der Waals surface area contributed by atoms with Crippen molar-refractivity contribution in [3.05, 3.63) is 105 Å². The lowest BCUT2D eigenvalue weighted by Crippen LogP contribution is -2.31. The molecular formula is C29H27Cl2NO5. The summed E-state index contributed by atoms with van der Waals surface area (Å²) in [7, 11) is 1.57. The third-order valence-corrected chi connectivity index (χ3v) is 6.99. The Balaban J connectivity index is 1.71. The van der Waals surface area contributed by atoms with Crippen LogP contribution >= 0.6 is 23.2 Å². The van der Waals surface area contributed by atoms with Crippen molar-refractivity contribution in [3.8, 4) is 5.75 Å². The van der Waals surface area contributed by atoms with E-state index in [0.717, 1.165) is 5.56 Å². The van der Waals surface area contributed by atoms with E-state index in [2.05, 4.69) is 0 Å². The van der Waals surface area contributed by atoms with E-state index < -0.39 is 17.7 Å². The quantitative estimate of drug-likeness (QED) is 0.148. The lowest BCUT2D eigenvalue weighted by Gasteiger charge is -2.25. The highest BCUT2D eigenvalue weighted by Gasteiger charge is 2.46. The third-order valence-electron chi connectivity index (χ3n) is 6.25. The number of rotatable bonds is 9. The molecule has 3 aromatic carbocycles. The van der Waals surface area contributed by atoms with E-state index >= 15 is 0 Å².